The predicted molar refractivity (Wildman–Crippen MR) is 69.7 cm³/mol. The van der Waals surface area contributed by atoms with Crippen LogP contribution in [0.1, 0.15) is 0 Å². The number of benzene rings is 1. The fourth-order valence-corrected chi connectivity index (χ4v) is 2.17. The fraction of sp³-hybridized carbons (Fsp3) is 0.0769. The zero-order chi connectivity index (χ0) is 12.7. The van der Waals surface area contributed by atoms with Gasteiger partial charge in [0.05, 0.1) is 23.7 Å². The Morgan fingerprint density at radius 2 is 2.17 bits per heavy atom. The van der Waals surface area contributed by atoms with Gasteiger partial charge in [0.25, 0.3) is 0 Å². The lowest BCUT2D eigenvalue weighted by Gasteiger charge is -2.09. The zero-order valence-electron chi connectivity index (χ0n) is 9.55. The highest BCUT2D eigenvalue weighted by atomic mass is 35.5. The number of nitrogens with zero attached hydrogens (tertiary/aromatic N) is 2. The Morgan fingerprint density at radius 1 is 1.33 bits per heavy atom. The Labute approximate surface area is 107 Å². The summed E-state index contributed by atoms with van der Waals surface area (Å²) in [6, 6.07) is 7.05. The lowest BCUT2D eigenvalue weighted by Crippen LogP contribution is -2.21. The maximum absolute atomic E-state index is 11.8. The number of hydrogen-bond donors (Lipinski definition) is 0. The molecular formula is C13H9ClN2O2. The molecule has 0 aliphatic rings. The van der Waals surface area contributed by atoms with Crippen molar-refractivity contribution in [3.05, 3.63) is 52.3 Å². The second-order valence-electron chi connectivity index (χ2n) is 3.98. The summed E-state index contributed by atoms with van der Waals surface area (Å²) in [6.45, 7) is 0. The van der Waals surface area contributed by atoms with E-state index in [2.05, 4.69) is 4.98 Å². The molecule has 0 atom stereocenters. The highest BCUT2D eigenvalue weighted by Crippen LogP contribution is 2.28. The van der Waals surface area contributed by atoms with Crippen LogP contribution in [-0.4, -0.2) is 9.55 Å². The van der Waals surface area contributed by atoms with Crippen molar-refractivity contribution in [2.24, 2.45) is 7.05 Å². The van der Waals surface area contributed by atoms with Crippen LogP contribution in [-0.2, 0) is 7.05 Å². The molecule has 0 saturated heterocycles. The minimum Gasteiger partial charge on any atom is -0.472 e. The second kappa shape index (κ2) is 3.99. The molecule has 0 unspecified atom stereocenters. The molecule has 0 radical (unpaired) electrons. The van der Waals surface area contributed by atoms with Crippen LogP contribution < -0.4 is 5.69 Å². The Bertz CT molecular complexity index is 776. The van der Waals surface area contributed by atoms with Gasteiger partial charge in [-0.1, -0.05) is 11.6 Å². The molecule has 4 nitrogen and oxygen atoms in total. The van der Waals surface area contributed by atoms with E-state index in [0.717, 1.165) is 16.6 Å². The van der Waals surface area contributed by atoms with Crippen molar-refractivity contribution in [1.82, 2.24) is 9.55 Å². The van der Waals surface area contributed by atoms with E-state index in [4.69, 9.17) is 16.0 Å². The average Bonchev–Trinajstić information content (AvgIpc) is 2.85. The molecule has 2 aromatic heterocycles. The SMILES string of the molecule is Cn1c(-c2ccoc2)c2cc(Cl)ccc2nc1=O. The maximum atomic E-state index is 11.8. The van der Waals surface area contributed by atoms with Gasteiger partial charge in [0.1, 0.15) is 0 Å². The van der Waals surface area contributed by atoms with Gasteiger partial charge in [-0.25, -0.2) is 4.79 Å². The number of halogens is 1. The fourth-order valence-electron chi connectivity index (χ4n) is 2.00. The van der Waals surface area contributed by atoms with Crippen molar-refractivity contribution in [2.75, 3.05) is 0 Å². The first-order valence-electron chi connectivity index (χ1n) is 5.35. The molecule has 0 saturated carbocycles. The number of hydrogen-bond acceptors (Lipinski definition) is 3. The van der Waals surface area contributed by atoms with E-state index in [1.54, 1.807) is 43.8 Å². The molecule has 3 rings (SSSR count). The van der Waals surface area contributed by atoms with Gasteiger partial charge < -0.3 is 4.42 Å². The van der Waals surface area contributed by atoms with Crippen LogP contribution in [0.15, 0.2) is 46.0 Å². The summed E-state index contributed by atoms with van der Waals surface area (Å²) in [5.41, 5.74) is 1.89. The first-order chi connectivity index (χ1) is 8.66. The summed E-state index contributed by atoms with van der Waals surface area (Å²) in [6.07, 6.45) is 3.16. The number of rotatable bonds is 1. The minimum atomic E-state index is -0.305. The number of fused-ring (bicyclic) bond motifs is 1. The van der Waals surface area contributed by atoms with Gasteiger partial charge in [0, 0.05) is 23.0 Å². The van der Waals surface area contributed by atoms with Crippen molar-refractivity contribution in [3.63, 3.8) is 0 Å². The molecule has 18 heavy (non-hydrogen) atoms. The number of furan rings is 1. The topological polar surface area (TPSA) is 48.0 Å². The monoisotopic (exact) mass is 260 g/mol. The minimum absolute atomic E-state index is 0.305. The van der Waals surface area contributed by atoms with Crippen LogP contribution >= 0.6 is 11.6 Å². The first kappa shape index (κ1) is 11.0. The predicted octanol–water partition coefficient (Wildman–Crippen LogP) is 2.85. The average molecular weight is 261 g/mol. The van der Waals surface area contributed by atoms with Gasteiger partial charge in [-0.3, -0.25) is 4.57 Å². The number of aromatic nitrogens is 2. The Hall–Kier alpha value is -2.07. The third-order valence-electron chi connectivity index (χ3n) is 2.85. The van der Waals surface area contributed by atoms with E-state index in [0.29, 0.717) is 10.5 Å². The Morgan fingerprint density at radius 3 is 2.89 bits per heavy atom. The molecule has 0 fully saturated rings. The molecule has 5 heteroatoms. The molecule has 0 spiro atoms. The highest BCUT2D eigenvalue weighted by molar-refractivity contribution is 6.31. The molecule has 3 aromatic rings. The van der Waals surface area contributed by atoms with Crippen molar-refractivity contribution < 1.29 is 4.42 Å². The maximum Gasteiger partial charge on any atom is 0.348 e. The van der Waals surface area contributed by atoms with Crippen LogP contribution in [0.2, 0.25) is 5.02 Å². The summed E-state index contributed by atoms with van der Waals surface area (Å²) in [5, 5.41) is 1.43. The van der Waals surface area contributed by atoms with E-state index in [1.807, 2.05) is 0 Å². The van der Waals surface area contributed by atoms with E-state index >= 15 is 0 Å². The largest absolute Gasteiger partial charge is 0.472 e. The van der Waals surface area contributed by atoms with Gasteiger partial charge >= 0.3 is 5.69 Å². The molecule has 0 N–H and O–H groups in total. The summed E-state index contributed by atoms with van der Waals surface area (Å²) in [5.74, 6) is 0. The van der Waals surface area contributed by atoms with Crippen LogP contribution in [0, 0.1) is 0 Å². The normalized spacial score (nSPS) is 11.0. The Kier molecular flexibility index (Phi) is 2.45. The molecule has 0 aliphatic carbocycles. The van der Waals surface area contributed by atoms with Gasteiger partial charge in [0.2, 0.25) is 0 Å². The van der Waals surface area contributed by atoms with Gasteiger partial charge in [-0.05, 0) is 24.3 Å². The third kappa shape index (κ3) is 1.62. The van der Waals surface area contributed by atoms with Crippen LogP contribution in [0.4, 0.5) is 0 Å². The molecule has 0 aliphatic heterocycles. The molecule has 2 heterocycles. The third-order valence-corrected chi connectivity index (χ3v) is 3.08. The summed E-state index contributed by atoms with van der Waals surface area (Å²) < 4.78 is 6.56. The second-order valence-corrected chi connectivity index (χ2v) is 4.41. The summed E-state index contributed by atoms with van der Waals surface area (Å²) in [7, 11) is 1.68. The van der Waals surface area contributed by atoms with Gasteiger partial charge in [-0.2, -0.15) is 4.98 Å². The lowest BCUT2D eigenvalue weighted by atomic mass is 10.1. The van der Waals surface area contributed by atoms with E-state index in [-0.39, 0.29) is 5.69 Å². The molecule has 0 bridgehead atoms. The van der Waals surface area contributed by atoms with Crippen molar-refractivity contribution in [1.29, 1.82) is 0 Å². The van der Waals surface area contributed by atoms with E-state index < -0.39 is 0 Å². The molecule has 0 amide bonds. The van der Waals surface area contributed by atoms with E-state index in [9.17, 15) is 4.79 Å². The standard InChI is InChI=1S/C13H9ClN2O2/c1-16-12(8-4-5-18-7-8)10-6-9(14)2-3-11(10)15-13(16)17/h2-7H,1H3. The van der Waals surface area contributed by atoms with Crippen molar-refractivity contribution in [2.45, 2.75) is 0 Å². The first-order valence-corrected chi connectivity index (χ1v) is 5.73. The van der Waals surface area contributed by atoms with Crippen LogP contribution in [0.3, 0.4) is 0 Å². The Balaban J connectivity index is 2.51. The summed E-state index contributed by atoms with van der Waals surface area (Å²) >= 11 is 6.01. The van der Waals surface area contributed by atoms with Crippen molar-refractivity contribution >= 4 is 22.5 Å². The van der Waals surface area contributed by atoms with E-state index in [1.165, 1.54) is 4.57 Å². The zero-order valence-corrected chi connectivity index (χ0v) is 10.3. The summed E-state index contributed by atoms with van der Waals surface area (Å²) in [4.78, 5) is 15.8. The molecule has 90 valence electrons. The highest BCUT2D eigenvalue weighted by Gasteiger charge is 2.12. The molecule has 1 aromatic carbocycles. The van der Waals surface area contributed by atoms with Crippen LogP contribution in [0.5, 0.6) is 0 Å². The van der Waals surface area contributed by atoms with Gasteiger partial charge in [-0.15, -0.1) is 0 Å². The van der Waals surface area contributed by atoms with Gasteiger partial charge in [0.15, 0.2) is 0 Å². The molecular weight excluding hydrogens is 252 g/mol. The smallest absolute Gasteiger partial charge is 0.348 e. The van der Waals surface area contributed by atoms with Crippen molar-refractivity contribution in [3.8, 4) is 11.3 Å². The van der Waals surface area contributed by atoms with Crippen LogP contribution in [0.25, 0.3) is 22.2 Å². The lowest BCUT2D eigenvalue weighted by molar-refractivity contribution is 0.568. The quantitative estimate of drug-likeness (QED) is 0.676.